The third-order valence-corrected chi connectivity index (χ3v) is 4.70. The average molecular weight is 299 g/mol. The summed E-state index contributed by atoms with van der Waals surface area (Å²) < 4.78 is 0. The number of hydrazone groups is 1. The molecule has 1 aromatic carbocycles. The van der Waals surface area contributed by atoms with E-state index in [2.05, 4.69) is 65.3 Å². The third kappa shape index (κ3) is 3.64. The average Bonchev–Trinajstić information content (AvgIpc) is 2.92. The van der Waals surface area contributed by atoms with Gasteiger partial charge in [-0.05, 0) is 38.1 Å². The van der Waals surface area contributed by atoms with Gasteiger partial charge in [-0.25, -0.2) is 0 Å². The van der Waals surface area contributed by atoms with Gasteiger partial charge in [-0.2, -0.15) is 5.10 Å². The molecule has 4 heteroatoms. The molecule has 1 aliphatic rings. The molecular weight excluding hydrogens is 278 g/mol. The molecule has 3 rings (SSSR count). The molecule has 0 amide bonds. The summed E-state index contributed by atoms with van der Waals surface area (Å²) in [5.41, 5.74) is 2.63. The first kappa shape index (κ1) is 14.1. The molecule has 0 saturated carbocycles. The highest BCUT2D eigenvalue weighted by Gasteiger charge is 2.15. The van der Waals surface area contributed by atoms with Gasteiger partial charge in [0.1, 0.15) is 0 Å². The van der Waals surface area contributed by atoms with E-state index in [0.29, 0.717) is 0 Å². The second-order valence-corrected chi connectivity index (χ2v) is 6.79. The van der Waals surface area contributed by atoms with Gasteiger partial charge in [-0.1, -0.05) is 17.7 Å². The highest BCUT2D eigenvalue weighted by atomic mass is 32.1. The molecule has 3 nitrogen and oxygen atoms in total. The molecule has 1 saturated heterocycles. The molecule has 1 aromatic heterocycles. The van der Waals surface area contributed by atoms with Crippen LogP contribution in [0.2, 0.25) is 0 Å². The van der Waals surface area contributed by atoms with Crippen molar-refractivity contribution in [2.75, 3.05) is 31.1 Å². The Morgan fingerprint density at radius 3 is 2.29 bits per heavy atom. The summed E-state index contributed by atoms with van der Waals surface area (Å²) in [5, 5.41) is 6.77. The van der Waals surface area contributed by atoms with Crippen LogP contribution in [0, 0.1) is 13.8 Å². The summed E-state index contributed by atoms with van der Waals surface area (Å²) in [6.07, 6.45) is 1.99. The Morgan fingerprint density at radius 1 is 0.952 bits per heavy atom. The van der Waals surface area contributed by atoms with Crippen molar-refractivity contribution in [3.05, 3.63) is 51.7 Å². The second-order valence-electron chi connectivity index (χ2n) is 5.47. The van der Waals surface area contributed by atoms with Gasteiger partial charge in [0.15, 0.2) is 0 Å². The Morgan fingerprint density at radius 2 is 1.67 bits per heavy atom. The van der Waals surface area contributed by atoms with Crippen molar-refractivity contribution < 1.29 is 0 Å². The fraction of sp³-hybridized carbons (Fsp3) is 0.353. The fourth-order valence-electron chi connectivity index (χ4n) is 2.49. The molecule has 0 N–H and O–H groups in total. The molecular formula is C17H21N3S. The number of benzene rings is 1. The Balaban J connectivity index is 1.55. The molecule has 0 bridgehead atoms. The number of nitrogens with zero attached hydrogens (tertiary/aromatic N) is 3. The lowest BCUT2D eigenvalue weighted by Gasteiger charge is -2.34. The molecule has 0 aliphatic carbocycles. The first-order valence-electron chi connectivity index (χ1n) is 7.38. The van der Waals surface area contributed by atoms with E-state index in [1.165, 1.54) is 21.0 Å². The largest absolute Gasteiger partial charge is 0.368 e. The lowest BCUT2D eigenvalue weighted by atomic mass is 10.2. The molecule has 0 spiro atoms. The number of hydrogen-bond acceptors (Lipinski definition) is 4. The van der Waals surface area contributed by atoms with E-state index < -0.39 is 0 Å². The maximum Gasteiger partial charge on any atom is 0.0642 e. The summed E-state index contributed by atoms with van der Waals surface area (Å²) in [5.74, 6) is 0. The van der Waals surface area contributed by atoms with Crippen molar-refractivity contribution >= 4 is 23.2 Å². The van der Waals surface area contributed by atoms with E-state index in [0.717, 1.165) is 26.2 Å². The van der Waals surface area contributed by atoms with Gasteiger partial charge in [0.2, 0.25) is 0 Å². The highest BCUT2D eigenvalue weighted by molar-refractivity contribution is 7.13. The Kier molecular flexibility index (Phi) is 4.25. The second kappa shape index (κ2) is 6.31. The quantitative estimate of drug-likeness (QED) is 0.808. The minimum atomic E-state index is 0.981. The van der Waals surface area contributed by atoms with Crippen LogP contribution in [0.3, 0.4) is 0 Å². The third-order valence-electron chi connectivity index (χ3n) is 3.76. The van der Waals surface area contributed by atoms with Crippen LogP contribution in [-0.4, -0.2) is 37.4 Å². The molecule has 2 aromatic rings. The number of hydrogen-bond donors (Lipinski definition) is 0. The van der Waals surface area contributed by atoms with Crippen LogP contribution < -0.4 is 4.90 Å². The fourth-order valence-corrected chi connectivity index (χ4v) is 3.23. The summed E-state index contributed by atoms with van der Waals surface area (Å²) in [4.78, 5) is 5.00. The van der Waals surface area contributed by atoms with Crippen molar-refractivity contribution in [3.8, 4) is 0 Å². The lowest BCUT2D eigenvalue weighted by Crippen LogP contribution is -2.44. The van der Waals surface area contributed by atoms with E-state index in [-0.39, 0.29) is 0 Å². The van der Waals surface area contributed by atoms with Crippen LogP contribution >= 0.6 is 11.3 Å². The Labute approximate surface area is 130 Å². The molecule has 2 heterocycles. The lowest BCUT2D eigenvalue weighted by molar-refractivity contribution is 0.272. The van der Waals surface area contributed by atoms with Gasteiger partial charge in [-0.15, -0.1) is 11.3 Å². The van der Waals surface area contributed by atoms with E-state index in [1.54, 1.807) is 11.3 Å². The van der Waals surface area contributed by atoms with Crippen LogP contribution in [-0.2, 0) is 0 Å². The van der Waals surface area contributed by atoms with Crippen LogP contribution in [0.15, 0.2) is 41.5 Å². The normalized spacial score (nSPS) is 15.9. The number of aryl methyl sites for hydroxylation is 2. The smallest absolute Gasteiger partial charge is 0.0642 e. The summed E-state index contributed by atoms with van der Waals surface area (Å²) >= 11 is 1.79. The van der Waals surface area contributed by atoms with E-state index in [4.69, 9.17) is 0 Å². The van der Waals surface area contributed by atoms with Crippen LogP contribution in [0.4, 0.5) is 5.69 Å². The number of piperazine rings is 1. The van der Waals surface area contributed by atoms with Gasteiger partial charge >= 0.3 is 0 Å². The zero-order chi connectivity index (χ0) is 14.7. The first-order valence-corrected chi connectivity index (χ1v) is 8.19. The molecule has 0 radical (unpaired) electrons. The maximum absolute atomic E-state index is 4.60. The number of anilines is 1. The van der Waals surface area contributed by atoms with E-state index >= 15 is 0 Å². The van der Waals surface area contributed by atoms with Crippen LogP contribution in [0.25, 0.3) is 0 Å². The number of rotatable bonds is 3. The van der Waals surface area contributed by atoms with Crippen LogP contribution in [0.5, 0.6) is 0 Å². The summed E-state index contributed by atoms with van der Waals surface area (Å²) in [7, 11) is 0. The van der Waals surface area contributed by atoms with Crippen molar-refractivity contribution in [3.63, 3.8) is 0 Å². The monoisotopic (exact) mass is 299 g/mol. The van der Waals surface area contributed by atoms with Gasteiger partial charge in [-0.3, -0.25) is 5.01 Å². The van der Waals surface area contributed by atoms with Gasteiger partial charge < -0.3 is 4.90 Å². The molecule has 1 aliphatic heterocycles. The topological polar surface area (TPSA) is 18.8 Å². The maximum atomic E-state index is 4.60. The van der Waals surface area contributed by atoms with E-state index in [1.807, 2.05) is 6.21 Å². The predicted molar refractivity (Wildman–Crippen MR) is 91.6 cm³/mol. The minimum Gasteiger partial charge on any atom is -0.368 e. The zero-order valence-electron chi connectivity index (χ0n) is 12.6. The van der Waals surface area contributed by atoms with Crippen LogP contribution in [0.1, 0.15) is 15.3 Å². The van der Waals surface area contributed by atoms with Crippen molar-refractivity contribution in [1.29, 1.82) is 0 Å². The van der Waals surface area contributed by atoms with Gasteiger partial charge in [0.05, 0.1) is 19.3 Å². The molecule has 21 heavy (non-hydrogen) atoms. The molecule has 110 valence electrons. The SMILES string of the molecule is Cc1ccc(N2CCN(N=Cc3ccc(C)s3)CC2)cc1. The Bertz CT molecular complexity index is 607. The molecule has 0 unspecified atom stereocenters. The number of thiophene rings is 1. The standard InChI is InChI=1S/C17H21N3S/c1-14-3-6-16(7-4-14)19-9-11-20(12-10-19)18-13-17-8-5-15(2)21-17/h3-8,13H,9-12H2,1-2H3. The van der Waals surface area contributed by atoms with Crippen molar-refractivity contribution in [2.24, 2.45) is 5.10 Å². The predicted octanol–water partition coefficient (Wildman–Crippen LogP) is 3.52. The Hall–Kier alpha value is -1.81. The highest BCUT2D eigenvalue weighted by Crippen LogP contribution is 2.17. The first-order chi connectivity index (χ1) is 10.2. The minimum absolute atomic E-state index is 0.981. The van der Waals surface area contributed by atoms with Gasteiger partial charge in [0, 0.05) is 28.5 Å². The van der Waals surface area contributed by atoms with E-state index in [9.17, 15) is 0 Å². The summed E-state index contributed by atoms with van der Waals surface area (Å²) in [6.45, 7) is 8.28. The van der Waals surface area contributed by atoms with Crippen molar-refractivity contribution in [1.82, 2.24) is 5.01 Å². The zero-order valence-corrected chi connectivity index (χ0v) is 13.4. The summed E-state index contributed by atoms with van der Waals surface area (Å²) in [6, 6.07) is 13.1. The van der Waals surface area contributed by atoms with Crippen molar-refractivity contribution in [2.45, 2.75) is 13.8 Å². The molecule has 1 fully saturated rings. The molecule has 0 atom stereocenters. The van der Waals surface area contributed by atoms with Gasteiger partial charge in [0.25, 0.3) is 0 Å².